The fourth-order valence-corrected chi connectivity index (χ4v) is 1.14. The van der Waals surface area contributed by atoms with Crippen LogP contribution >= 0.6 is 0 Å². The highest BCUT2D eigenvalue weighted by molar-refractivity contribution is 5.56. The number of rotatable bonds is 4. The average molecular weight is 251 g/mol. The van der Waals surface area contributed by atoms with E-state index in [1.54, 1.807) is 0 Å². The van der Waals surface area contributed by atoms with E-state index in [0.717, 1.165) is 0 Å². The summed E-state index contributed by atoms with van der Waals surface area (Å²) in [6.07, 6.45) is 0. The van der Waals surface area contributed by atoms with E-state index in [9.17, 15) is 10.4 Å². The molecule has 0 heterocycles. The lowest BCUT2D eigenvalue weighted by Crippen LogP contribution is -2.00. The molecule has 9 heteroatoms. The van der Waals surface area contributed by atoms with Crippen LogP contribution in [0.5, 0.6) is 0 Å². The van der Waals surface area contributed by atoms with Crippen LogP contribution in [0.2, 0.25) is 0 Å². The van der Waals surface area contributed by atoms with Crippen LogP contribution in [0.25, 0.3) is 0 Å². The molecule has 0 spiro atoms. The molecule has 1 aromatic rings. The second-order valence-electron chi connectivity index (χ2n) is 2.89. The van der Waals surface area contributed by atoms with Gasteiger partial charge in [0, 0.05) is 12.1 Å². The summed E-state index contributed by atoms with van der Waals surface area (Å²) in [6.45, 7) is 0. The highest BCUT2D eigenvalue weighted by Crippen LogP contribution is 2.28. The van der Waals surface area contributed by atoms with Crippen LogP contribution < -0.4 is 0 Å². The molecule has 94 valence electrons. The monoisotopic (exact) mass is 251 g/mol. The van der Waals surface area contributed by atoms with Gasteiger partial charge in [-0.15, -0.1) is 0 Å². The summed E-state index contributed by atoms with van der Waals surface area (Å²) in [5, 5.41) is 37.9. The largest absolute Gasteiger partial charge is 0.591 e. The lowest BCUT2D eigenvalue weighted by Gasteiger charge is -2.02. The van der Waals surface area contributed by atoms with Crippen LogP contribution in [0.15, 0.2) is 28.8 Å². The van der Waals surface area contributed by atoms with Crippen molar-refractivity contribution in [1.29, 1.82) is 5.26 Å². The molecule has 0 amide bonds. The molecule has 0 radical (unpaired) electrons. The average Bonchev–Trinajstić information content (AvgIpc) is 2.38. The van der Waals surface area contributed by atoms with Gasteiger partial charge in [0.15, 0.2) is 0 Å². The Labute approximate surface area is 102 Å². The van der Waals surface area contributed by atoms with Crippen molar-refractivity contribution in [2.75, 3.05) is 14.2 Å². The van der Waals surface area contributed by atoms with Crippen LogP contribution in [0.3, 0.4) is 0 Å². The van der Waals surface area contributed by atoms with Crippen LogP contribution in [-0.4, -0.2) is 23.9 Å². The first-order valence-electron chi connectivity index (χ1n) is 4.61. The van der Waals surface area contributed by atoms with Crippen LogP contribution in [-0.2, 0) is 9.68 Å². The SMILES string of the molecule is CO/N=[N+](\[O-])c1ccc(C#N)cc1/[N+]([O-])=N/OC. The Morgan fingerprint density at radius 3 is 2.17 bits per heavy atom. The van der Waals surface area contributed by atoms with Crippen molar-refractivity contribution in [3.63, 3.8) is 0 Å². The molecule has 0 saturated carbocycles. The van der Waals surface area contributed by atoms with Gasteiger partial charge in [0.25, 0.3) is 0 Å². The van der Waals surface area contributed by atoms with Gasteiger partial charge in [0.05, 0.1) is 11.6 Å². The standard InChI is InChI=1S/C9H9N5O4/c1-17-11-13(15)8-4-3-7(6-10)5-9(8)14(16)12-18-2/h3-5H,1-2H3/b13-11-,14-12-. The Bertz CT molecular complexity index is 534. The van der Waals surface area contributed by atoms with Crippen molar-refractivity contribution in [3.05, 3.63) is 34.2 Å². The third kappa shape index (κ3) is 2.82. The van der Waals surface area contributed by atoms with Crippen LogP contribution in [0.4, 0.5) is 11.4 Å². The molecule has 0 aromatic heterocycles. The molecule has 0 atom stereocenters. The molecule has 0 aliphatic rings. The van der Waals surface area contributed by atoms with Gasteiger partial charge in [0.1, 0.15) is 14.2 Å². The third-order valence-electron chi connectivity index (χ3n) is 1.83. The Kier molecular flexibility index (Phi) is 4.39. The van der Waals surface area contributed by atoms with E-state index in [1.807, 2.05) is 6.07 Å². The Morgan fingerprint density at radius 2 is 1.67 bits per heavy atom. The van der Waals surface area contributed by atoms with Gasteiger partial charge >= 0.3 is 11.4 Å². The second-order valence-corrected chi connectivity index (χ2v) is 2.89. The molecule has 1 rings (SSSR count). The predicted octanol–water partition coefficient (Wildman–Crippen LogP) is 1.87. The summed E-state index contributed by atoms with van der Waals surface area (Å²) in [5.74, 6) is 0. The molecule has 0 aliphatic heterocycles. The lowest BCUT2D eigenvalue weighted by atomic mass is 10.2. The molecule has 0 N–H and O–H groups in total. The topological polar surface area (TPSA) is 119 Å². The molecule has 0 fully saturated rings. The van der Waals surface area contributed by atoms with E-state index in [1.165, 1.54) is 32.4 Å². The van der Waals surface area contributed by atoms with Crippen LogP contribution in [0, 0.1) is 21.7 Å². The first kappa shape index (κ1) is 13.2. The zero-order chi connectivity index (χ0) is 13.5. The van der Waals surface area contributed by atoms with Gasteiger partial charge in [0.2, 0.25) is 10.6 Å². The lowest BCUT2D eigenvalue weighted by molar-refractivity contribution is -0.508. The zero-order valence-corrected chi connectivity index (χ0v) is 9.60. The highest BCUT2D eigenvalue weighted by atomic mass is 16.7. The third-order valence-corrected chi connectivity index (χ3v) is 1.83. The number of nitriles is 1. The first-order valence-corrected chi connectivity index (χ1v) is 4.61. The van der Waals surface area contributed by atoms with Crippen molar-refractivity contribution >= 4 is 11.4 Å². The predicted molar refractivity (Wildman–Crippen MR) is 56.6 cm³/mol. The van der Waals surface area contributed by atoms with E-state index < -0.39 is 0 Å². The summed E-state index contributed by atoms with van der Waals surface area (Å²) in [6, 6.07) is 5.62. The van der Waals surface area contributed by atoms with Gasteiger partial charge < -0.3 is 20.1 Å². The van der Waals surface area contributed by atoms with Crippen molar-refractivity contribution in [3.8, 4) is 6.07 Å². The number of hydrogen-bond acceptors (Lipinski definition) is 7. The molecule has 0 unspecified atom stereocenters. The fraction of sp³-hybridized carbons (Fsp3) is 0.222. The summed E-state index contributed by atoms with van der Waals surface area (Å²) in [7, 11) is 2.36. The Hall–Kier alpha value is -2.89. The molecule has 9 nitrogen and oxygen atoms in total. The van der Waals surface area contributed by atoms with E-state index in [2.05, 4.69) is 20.2 Å². The summed E-state index contributed by atoms with van der Waals surface area (Å²) >= 11 is 0. The van der Waals surface area contributed by atoms with Crippen molar-refractivity contribution in [2.24, 2.45) is 10.6 Å². The van der Waals surface area contributed by atoms with E-state index in [4.69, 9.17) is 5.26 Å². The quantitative estimate of drug-likeness (QED) is 0.459. The molecule has 18 heavy (non-hydrogen) atoms. The second kappa shape index (κ2) is 6.00. The van der Waals surface area contributed by atoms with E-state index >= 15 is 0 Å². The van der Waals surface area contributed by atoms with Crippen LogP contribution in [0.1, 0.15) is 5.56 Å². The first-order chi connectivity index (χ1) is 8.63. The summed E-state index contributed by atoms with van der Waals surface area (Å²) in [5.41, 5.74) is -0.134. The molecule has 0 aliphatic carbocycles. The van der Waals surface area contributed by atoms with Gasteiger partial charge in [-0.2, -0.15) is 5.26 Å². The van der Waals surface area contributed by atoms with E-state index in [0.29, 0.717) is 0 Å². The molecule has 1 aromatic carbocycles. The molecule has 0 saturated heterocycles. The van der Waals surface area contributed by atoms with Gasteiger partial charge in [-0.1, -0.05) is 0 Å². The fourth-order valence-electron chi connectivity index (χ4n) is 1.14. The molecule has 0 bridgehead atoms. The molecular formula is C9H9N5O4. The van der Waals surface area contributed by atoms with Gasteiger partial charge in [-0.05, 0) is 15.8 Å². The number of nitrogens with zero attached hydrogens (tertiary/aromatic N) is 5. The maximum atomic E-state index is 11.5. The highest BCUT2D eigenvalue weighted by Gasteiger charge is 2.22. The zero-order valence-electron chi connectivity index (χ0n) is 9.60. The summed E-state index contributed by atoms with van der Waals surface area (Å²) < 4.78 is 0. The van der Waals surface area contributed by atoms with Crippen molar-refractivity contribution in [1.82, 2.24) is 0 Å². The number of benzene rings is 1. The smallest absolute Gasteiger partial charge is 0.324 e. The maximum absolute atomic E-state index is 11.5. The maximum Gasteiger partial charge on any atom is 0.324 e. The normalized spacial score (nSPS) is 11.8. The van der Waals surface area contributed by atoms with Gasteiger partial charge in [-0.25, -0.2) is 0 Å². The van der Waals surface area contributed by atoms with Crippen molar-refractivity contribution in [2.45, 2.75) is 0 Å². The number of hydrogen-bond donors (Lipinski definition) is 0. The van der Waals surface area contributed by atoms with E-state index in [-0.39, 0.29) is 26.7 Å². The van der Waals surface area contributed by atoms with Gasteiger partial charge in [-0.3, -0.25) is 0 Å². The minimum Gasteiger partial charge on any atom is -0.591 e. The van der Waals surface area contributed by atoms with Crippen molar-refractivity contribution < 1.29 is 19.4 Å². The Balaban J connectivity index is 3.39. The molecular weight excluding hydrogens is 242 g/mol. The minimum atomic E-state index is -0.188. The summed E-state index contributed by atoms with van der Waals surface area (Å²) in [4.78, 5) is 8.75. The Morgan fingerprint density at radius 1 is 1.11 bits per heavy atom. The minimum absolute atomic E-state index is 0.0618.